The molecule has 0 saturated heterocycles. The predicted molar refractivity (Wildman–Crippen MR) is 53.1 cm³/mol. The Kier molecular flexibility index (Phi) is 3.16. The third kappa shape index (κ3) is 2.13. The number of hydrogen-bond donors (Lipinski definition) is 1. The van der Waals surface area contributed by atoms with Crippen molar-refractivity contribution in [2.24, 2.45) is 0 Å². The van der Waals surface area contributed by atoms with Crippen molar-refractivity contribution >= 4 is 17.3 Å². The first-order valence-electron chi connectivity index (χ1n) is 3.76. The zero-order chi connectivity index (χ0) is 9.84. The minimum absolute atomic E-state index is 0.197. The monoisotopic (exact) mass is 197 g/mol. The molecule has 0 saturated carbocycles. The highest BCUT2D eigenvalue weighted by Crippen LogP contribution is 2.17. The Morgan fingerprint density at radius 3 is 2.85 bits per heavy atom. The maximum absolute atomic E-state index is 13.4. The lowest BCUT2D eigenvalue weighted by molar-refractivity contribution is 0.616. The summed E-state index contributed by atoms with van der Waals surface area (Å²) in [5.74, 6) is 5.04. The topological polar surface area (TPSA) is 26.0 Å². The molecule has 0 aromatic heterocycles. The van der Waals surface area contributed by atoms with E-state index < -0.39 is 0 Å². The van der Waals surface area contributed by atoms with E-state index >= 15 is 0 Å². The van der Waals surface area contributed by atoms with E-state index in [0.717, 1.165) is 0 Å². The van der Waals surface area contributed by atoms with E-state index in [1.165, 1.54) is 0 Å². The predicted octanol–water partition coefficient (Wildman–Crippen LogP) is 2.31. The maximum Gasteiger partial charge on any atom is 0.143 e. The molecule has 1 nitrogen and oxygen atoms in total. The van der Waals surface area contributed by atoms with Crippen LogP contribution in [0.5, 0.6) is 0 Å². The number of anilines is 1. The molecule has 1 rings (SSSR count). The summed E-state index contributed by atoms with van der Waals surface area (Å²) >= 11 is 5.35. The number of nitrogen functional groups attached to an aromatic ring is 1. The summed E-state index contributed by atoms with van der Waals surface area (Å²) < 4.78 is 13.4. The van der Waals surface area contributed by atoms with E-state index in [4.69, 9.17) is 17.3 Å². The second-order valence-electron chi connectivity index (χ2n) is 2.58. The molecule has 0 aliphatic heterocycles. The number of rotatable bonds is 0. The van der Waals surface area contributed by atoms with Crippen LogP contribution in [0.1, 0.15) is 11.1 Å². The molecule has 0 amide bonds. The van der Waals surface area contributed by atoms with Crippen molar-refractivity contribution in [2.75, 3.05) is 11.6 Å². The second-order valence-corrected chi connectivity index (χ2v) is 2.84. The Morgan fingerprint density at radius 2 is 2.23 bits per heavy atom. The average molecular weight is 198 g/mol. The molecule has 1 aromatic rings. The zero-order valence-electron chi connectivity index (χ0n) is 7.20. The van der Waals surface area contributed by atoms with Crippen LogP contribution in [-0.2, 0) is 0 Å². The van der Waals surface area contributed by atoms with Crippen LogP contribution in [0.15, 0.2) is 12.1 Å². The van der Waals surface area contributed by atoms with E-state index in [0.29, 0.717) is 16.8 Å². The fourth-order valence-electron chi connectivity index (χ4n) is 0.925. The highest BCUT2D eigenvalue weighted by molar-refractivity contribution is 6.19. The molecule has 0 radical (unpaired) electrons. The van der Waals surface area contributed by atoms with Crippen LogP contribution in [-0.4, -0.2) is 5.88 Å². The van der Waals surface area contributed by atoms with Crippen molar-refractivity contribution < 1.29 is 4.39 Å². The molecule has 0 fully saturated rings. The lowest BCUT2D eigenvalue weighted by Crippen LogP contribution is -1.95. The van der Waals surface area contributed by atoms with Crippen LogP contribution >= 0.6 is 11.6 Å². The Hall–Kier alpha value is -1.20. The minimum Gasteiger partial charge on any atom is -0.398 e. The van der Waals surface area contributed by atoms with Crippen LogP contribution < -0.4 is 5.73 Å². The molecule has 1 aromatic carbocycles. The van der Waals surface area contributed by atoms with Gasteiger partial charge in [-0.15, -0.1) is 11.6 Å². The molecular formula is C10H9ClFN. The van der Waals surface area contributed by atoms with Crippen LogP contribution in [0.3, 0.4) is 0 Å². The molecular weight excluding hydrogens is 189 g/mol. The SMILES string of the molecule is Cc1c(N)ccc(C#CCCl)c1F. The van der Waals surface area contributed by atoms with Crippen molar-refractivity contribution in [1.82, 2.24) is 0 Å². The standard InChI is InChI=1S/C10H9ClFN/c1-7-9(13)5-4-8(10(7)12)3-2-6-11/h4-5H,6,13H2,1H3. The van der Waals surface area contributed by atoms with Crippen molar-refractivity contribution in [3.8, 4) is 11.8 Å². The third-order valence-corrected chi connectivity index (χ3v) is 1.85. The van der Waals surface area contributed by atoms with Gasteiger partial charge in [-0.3, -0.25) is 0 Å². The quantitative estimate of drug-likeness (QED) is 0.386. The van der Waals surface area contributed by atoms with Crippen LogP contribution in [0.4, 0.5) is 10.1 Å². The van der Waals surface area contributed by atoms with Gasteiger partial charge in [0.15, 0.2) is 0 Å². The van der Waals surface area contributed by atoms with Gasteiger partial charge in [-0.05, 0) is 19.1 Å². The lowest BCUT2D eigenvalue weighted by Gasteiger charge is -2.02. The fraction of sp³-hybridized carbons (Fsp3) is 0.200. The van der Waals surface area contributed by atoms with Gasteiger partial charge in [0, 0.05) is 11.3 Å². The summed E-state index contributed by atoms with van der Waals surface area (Å²) in [6.45, 7) is 1.62. The summed E-state index contributed by atoms with van der Waals surface area (Å²) in [7, 11) is 0. The first-order valence-corrected chi connectivity index (χ1v) is 4.29. The van der Waals surface area contributed by atoms with E-state index in [2.05, 4.69) is 11.8 Å². The van der Waals surface area contributed by atoms with Crippen molar-refractivity contribution in [1.29, 1.82) is 0 Å². The number of benzene rings is 1. The van der Waals surface area contributed by atoms with Gasteiger partial charge >= 0.3 is 0 Å². The molecule has 0 heterocycles. The summed E-state index contributed by atoms with van der Waals surface area (Å²) in [5, 5.41) is 0. The molecule has 0 atom stereocenters. The number of hydrogen-bond acceptors (Lipinski definition) is 1. The smallest absolute Gasteiger partial charge is 0.143 e. The first kappa shape index (κ1) is 9.88. The lowest BCUT2D eigenvalue weighted by atomic mass is 10.1. The van der Waals surface area contributed by atoms with Crippen LogP contribution in [0.25, 0.3) is 0 Å². The highest BCUT2D eigenvalue weighted by atomic mass is 35.5. The Labute approximate surface area is 81.7 Å². The zero-order valence-corrected chi connectivity index (χ0v) is 7.95. The average Bonchev–Trinajstić information content (AvgIpc) is 2.13. The first-order chi connectivity index (χ1) is 6.16. The second kappa shape index (κ2) is 4.15. The highest BCUT2D eigenvalue weighted by Gasteiger charge is 2.04. The summed E-state index contributed by atoms with van der Waals surface area (Å²) in [6, 6.07) is 3.19. The molecule has 3 heteroatoms. The summed E-state index contributed by atoms with van der Waals surface area (Å²) in [4.78, 5) is 0. The van der Waals surface area contributed by atoms with Crippen molar-refractivity contribution in [2.45, 2.75) is 6.92 Å². The van der Waals surface area contributed by atoms with E-state index in [-0.39, 0.29) is 11.7 Å². The Bertz CT molecular complexity index is 376. The van der Waals surface area contributed by atoms with Gasteiger partial charge < -0.3 is 5.73 Å². The van der Waals surface area contributed by atoms with E-state index in [1.54, 1.807) is 19.1 Å². The van der Waals surface area contributed by atoms with Crippen molar-refractivity contribution in [3.05, 3.63) is 29.1 Å². The molecule has 2 N–H and O–H groups in total. The van der Waals surface area contributed by atoms with Crippen molar-refractivity contribution in [3.63, 3.8) is 0 Å². The fourth-order valence-corrected chi connectivity index (χ4v) is 0.992. The number of halogens is 2. The van der Waals surface area contributed by atoms with Gasteiger partial charge in [0.2, 0.25) is 0 Å². The molecule has 68 valence electrons. The van der Waals surface area contributed by atoms with E-state index in [1.807, 2.05) is 0 Å². The van der Waals surface area contributed by atoms with Gasteiger partial charge in [0.1, 0.15) is 5.82 Å². The van der Waals surface area contributed by atoms with Crippen LogP contribution in [0.2, 0.25) is 0 Å². The van der Waals surface area contributed by atoms with Crippen LogP contribution in [0, 0.1) is 24.6 Å². The van der Waals surface area contributed by atoms with Gasteiger partial charge in [0.05, 0.1) is 11.4 Å². The Morgan fingerprint density at radius 1 is 1.54 bits per heavy atom. The molecule has 0 aliphatic carbocycles. The normalized spacial score (nSPS) is 9.15. The molecule has 13 heavy (non-hydrogen) atoms. The molecule has 0 spiro atoms. The largest absolute Gasteiger partial charge is 0.398 e. The van der Waals surface area contributed by atoms with Gasteiger partial charge in [-0.2, -0.15) is 0 Å². The molecule has 0 aliphatic rings. The van der Waals surface area contributed by atoms with Gasteiger partial charge in [-0.25, -0.2) is 4.39 Å². The molecule has 0 bridgehead atoms. The number of nitrogens with two attached hydrogens (primary N) is 1. The number of alkyl halides is 1. The molecule has 0 unspecified atom stereocenters. The van der Waals surface area contributed by atoms with Gasteiger partial charge in [-0.1, -0.05) is 11.8 Å². The van der Waals surface area contributed by atoms with Gasteiger partial charge in [0.25, 0.3) is 0 Å². The summed E-state index contributed by atoms with van der Waals surface area (Å²) in [5.41, 5.74) is 6.71. The third-order valence-electron chi connectivity index (χ3n) is 1.72. The maximum atomic E-state index is 13.4. The minimum atomic E-state index is -0.363. The Balaban J connectivity index is 3.18. The van der Waals surface area contributed by atoms with E-state index in [9.17, 15) is 4.39 Å². The summed E-state index contributed by atoms with van der Waals surface area (Å²) in [6.07, 6.45) is 0.